The minimum atomic E-state index is -1.66. The molecule has 0 aliphatic carbocycles. The zero-order chi connectivity index (χ0) is 14.3. The lowest BCUT2D eigenvalue weighted by Gasteiger charge is -2.16. The lowest BCUT2D eigenvalue weighted by atomic mass is 10.1. The molecular weight excluding hydrogens is 269 g/mol. The summed E-state index contributed by atoms with van der Waals surface area (Å²) in [6, 6.07) is 0. The van der Waals surface area contributed by atoms with E-state index in [2.05, 4.69) is 20.3 Å². The fourth-order valence-corrected chi connectivity index (χ4v) is 2.31. The van der Waals surface area contributed by atoms with Crippen molar-refractivity contribution in [2.45, 2.75) is 24.6 Å². The molecule has 2 aromatic heterocycles. The number of nitrogens with one attached hydrogen (secondary N) is 1. The molecule has 20 heavy (non-hydrogen) atoms. The van der Waals surface area contributed by atoms with Crippen molar-refractivity contribution in [3.05, 3.63) is 12.7 Å². The van der Waals surface area contributed by atoms with Crippen molar-refractivity contribution in [1.82, 2.24) is 19.5 Å². The van der Waals surface area contributed by atoms with Crippen molar-refractivity contribution < 1.29 is 19.3 Å². The minimum absolute atomic E-state index is 0.416. The molecule has 9 heteroatoms. The number of aliphatic hydroxyl groups is 2. The van der Waals surface area contributed by atoms with Crippen LogP contribution in [0, 0.1) is 0 Å². The van der Waals surface area contributed by atoms with E-state index in [-0.39, 0.29) is 0 Å². The van der Waals surface area contributed by atoms with Gasteiger partial charge in [0.1, 0.15) is 24.1 Å². The van der Waals surface area contributed by atoms with Crippen molar-refractivity contribution in [1.29, 1.82) is 0 Å². The number of anilines is 1. The van der Waals surface area contributed by atoms with E-state index in [1.54, 1.807) is 7.05 Å². The molecule has 2 aromatic rings. The van der Waals surface area contributed by atoms with Gasteiger partial charge in [-0.15, -0.1) is 0 Å². The predicted octanol–water partition coefficient (Wildman–Crippen LogP) is -0.543. The number of halogens is 1. The highest BCUT2D eigenvalue weighted by Crippen LogP contribution is 2.33. The van der Waals surface area contributed by atoms with E-state index in [9.17, 15) is 9.50 Å². The Morgan fingerprint density at radius 2 is 2.25 bits per heavy atom. The average molecular weight is 283 g/mol. The summed E-state index contributed by atoms with van der Waals surface area (Å²) < 4.78 is 20.5. The number of hydrogen-bond acceptors (Lipinski definition) is 7. The van der Waals surface area contributed by atoms with Gasteiger partial charge in [-0.2, -0.15) is 0 Å². The summed E-state index contributed by atoms with van der Waals surface area (Å²) in [6.07, 6.45) is -2.35. The number of aliphatic hydroxyl groups excluding tert-OH is 2. The van der Waals surface area contributed by atoms with Gasteiger partial charge in [0, 0.05) is 7.05 Å². The number of imidazole rings is 1. The number of hydrogen-bond donors (Lipinski definition) is 3. The van der Waals surface area contributed by atoms with Gasteiger partial charge < -0.3 is 20.3 Å². The van der Waals surface area contributed by atoms with Crippen LogP contribution in [0.1, 0.15) is 6.23 Å². The van der Waals surface area contributed by atoms with Gasteiger partial charge in [0.2, 0.25) is 0 Å². The average Bonchev–Trinajstić information content (AvgIpc) is 3.01. The first-order chi connectivity index (χ1) is 9.67. The molecule has 0 aromatic carbocycles. The first-order valence-electron chi connectivity index (χ1n) is 6.11. The minimum Gasteiger partial charge on any atom is -0.394 e. The molecule has 3 heterocycles. The highest BCUT2D eigenvalue weighted by molar-refractivity contribution is 5.82. The molecule has 1 aliphatic heterocycles. The maximum Gasteiger partial charge on any atom is 0.167 e. The maximum atomic E-state index is 13.8. The van der Waals surface area contributed by atoms with E-state index in [4.69, 9.17) is 9.84 Å². The van der Waals surface area contributed by atoms with Gasteiger partial charge >= 0.3 is 0 Å². The van der Waals surface area contributed by atoms with Crippen molar-refractivity contribution in [2.75, 3.05) is 19.0 Å². The molecule has 0 unspecified atom stereocenters. The van der Waals surface area contributed by atoms with E-state index < -0.39 is 31.2 Å². The highest BCUT2D eigenvalue weighted by Gasteiger charge is 2.45. The lowest BCUT2D eigenvalue weighted by molar-refractivity contribution is -0.0495. The zero-order valence-electron chi connectivity index (χ0n) is 10.6. The molecule has 3 rings (SSSR count). The number of nitrogens with zero attached hydrogens (tertiary/aromatic N) is 4. The fraction of sp³-hybridized carbons (Fsp3) is 0.545. The molecule has 8 nitrogen and oxygen atoms in total. The molecular formula is C11H14FN5O3. The van der Waals surface area contributed by atoms with Gasteiger partial charge in [-0.25, -0.2) is 19.3 Å². The van der Waals surface area contributed by atoms with Crippen LogP contribution in [0.3, 0.4) is 0 Å². The van der Waals surface area contributed by atoms with Crippen LogP contribution < -0.4 is 5.32 Å². The Labute approximate surface area is 113 Å². The molecule has 108 valence electrons. The highest BCUT2D eigenvalue weighted by atomic mass is 19.1. The Balaban J connectivity index is 2.03. The summed E-state index contributed by atoms with van der Waals surface area (Å²) in [6.45, 7) is -0.502. The summed E-state index contributed by atoms with van der Waals surface area (Å²) >= 11 is 0. The number of aromatic nitrogens is 4. The summed E-state index contributed by atoms with van der Waals surface area (Å²) in [5.41, 5.74) is 0.910. The maximum absolute atomic E-state index is 13.8. The van der Waals surface area contributed by atoms with E-state index in [0.717, 1.165) is 0 Å². The van der Waals surface area contributed by atoms with Gasteiger partial charge in [-0.1, -0.05) is 0 Å². The Kier molecular flexibility index (Phi) is 3.24. The summed E-state index contributed by atoms with van der Waals surface area (Å²) in [5, 5.41) is 21.8. The second kappa shape index (κ2) is 4.93. The van der Waals surface area contributed by atoms with Crippen LogP contribution in [0.4, 0.5) is 10.2 Å². The monoisotopic (exact) mass is 283 g/mol. The third kappa shape index (κ3) is 1.82. The van der Waals surface area contributed by atoms with E-state index in [1.165, 1.54) is 17.2 Å². The predicted molar refractivity (Wildman–Crippen MR) is 66.8 cm³/mol. The molecule has 0 amide bonds. The van der Waals surface area contributed by atoms with Crippen molar-refractivity contribution in [3.63, 3.8) is 0 Å². The third-order valence-corrected chi connectivity index (χ3v) is 3.34. The van der Waals surface area contributed by atoms with Crippen molar-refractivity contribution >= 4 is 17.0 Å². The quantitative estimate of drug-likeness (QED) is 0.694. The normalized spacial score (nSPS) is 30.0. The number of ether oxygens (including phenoxy) is 1. The fourth-order valence-electron chi connectivity index (χ4n) is 2.31. The largest absolute Gasteiger partial charge is 0.394 e. The zero-order valence-corrected chi connectivity index (χ0v) is 10.6. The summed E-state index contributed by atoms with van der Waals surface area (Å²) in [5.74, 6) is 0.525. The molecule has 1 fully saturated rings. The van der Waals surface area contributed by atoms with Crippen LogP contribution in [0.5, 0.6) is 0 Å². The van der Waals surface area contributed by atoms with Gasteiger partial charge in [0.25, 0.3) is 0 Å². The van der Waals surface area contributed by atoms with Crippen LogP contribution in [-0.4, -0.2) is 61.8 Å². The Morgan fingerprint density at radius 1 is 1.45 bits per heavy atom. The number of fused-ring (bicyclic) bond motifs is 1. The van der Waals surface area contributed by atoms with Crippen LogP contribution in [-0.2, 0) is 4.74 Å². The van der Waals surface area contributed by atoms with Crippen LogP contribution in [0.25, 0.3) is 11.2 Å². The smallest absolute Gasteiger partial charge is 0.167 e. The van der Waals surface area contributed by atoms with Crippen LogP contribution in [0.15, 0.2) is 12.7 Å². The Hall–Kier alpha value is -1.84. The van der Waals surface area contributed by atoms with Gasteiger partial charge in [0.15, 0.2) is 23.9 Å². The Morgan fingerprint density at radius 3 is 2.90 bits per heavy atom. The summed E-state index contributed by atoms with van der Waals surface area (Å²) in [7, 11) is 1.70. The van der Waals surface area contributed by atoms with Crippen molar-refractivity contribution in [3.8, 4) is 0 Å². The summed E-state index contributed by atoms with van der Waals surface area (Å²) in [4.78, 5) is 12.2. The molecule has 0 saturated carbocycles. The standard InChI is InChI=1S/C11H14FN5O3/c1-13-9-7-10(15-3-14-9)17(4-16-7)11-8(19)6(12)5(2-18)20-11/h3-6,8,11,18-19H,2H2,1H3,(H,13,14,15)/t5-,6-,8+,11-/m1/s1. The Bertz CT molecular complexity index is 621. The van der Waals surface area contributed by atoms with Gasteiger partial charge in [-0.3, -0.25) is 4.57 Å². The van der Waals surface area contributed by atoms with E-state index in [0.29, 0.717) is 17.0 Å². The second-order valence-corrected chi connectivity index (χ2v) is 4.48. The van der Waals surface area contributed by atoms with E-state index in [1.807, 2.05) is 0 Å². The number of alkyl halides is 1. The number of rotatable bonds is 3. The molecule has 3 N–H and O–H groups in total. The van der Waals surface area contributed by atoms with Crippen LogP contribution in [0.2, 0.25) is 0 Å². The lowest BCUT2D eigenvalue weighted by Crippen LogP contribution is -2.29. The SMILES string of the molecule is CNc1ncnc2c1ncn2[C@@H]1O[C@H](CO)[C@@H](F)[C@@H]1O. The second-order valence-electron chi connectivity index (χ2n) is 4.48. The van der Waals surface area contributed by atoms with Crippen molar-refractivity contribution in [2.24, 2.45) is 0 Å². The third-order valence-electron chi connectivity index (χ3n) is 3.34. The molecule has 1 saturated heterocycles. The molecule has 0 radical (unpaired) electrons. The first-order valence-corrected chi connectivity index (χ1v) is 6.11. The van der Waals surface area contributed by atoms with Gasteiger partial charge in [-0.05, 0) is 0 Å². The van der Waals surface area contributed by atoms with E-state index >= 15 is 0 Å². The first kappa shape index (κ1) is 13.2. The topological polar surface area (TPSA) is 105 Å². The van der Waals surface area contributed by atoms with Gasteiger partial charge in [0.05, 0.1) is 12.9 Å². The molecule has 0 spiro atoms. The molecule has 4 atom stereocenters. The molecule has 0 bridgehead atoms. The molecule has 1 aliphatic rings. The van der Waals surface area contributed by atoms with Crippen LogP contribution >= 0.6 is 0 Å².